The first-order chi connectivity index (χ1) is 9.15. The van der Waals surface area contributed by atoms with E-state index >= 15 is 0 Å². The molecule has 0 heterocycles. The second-order valence-electron chi connectivity index (χ2n) is 5.64. The Morgan fingerprint density at radius 2 is 1.74 bits per heavy atom. The second-order valence-corrected chi connectivity index (χ2v) is 5.64. The molecule has 0 aromatic heterocycles. The zero-order valence-corrected chi connectivity index (χ0v) is 11.6. The predicted octanol–water partition coefficient (Wildman–Crippen LogP) is 3.87. The van der Waals surface area contributed by atoms with Crippen LogP contribution >= 0.6 is 0 Å². The Morgan fingerprint density at radius 3 is 2.53 bits per heavy atom. The fourth-order valence-electron chi connectivity index (χ4n) is 3.07. The fourth-order valence-corrected chi connectivity index (χ4v) is 3.07. The molecule has 2 aromatic carbocycles. The van der Waals surface area contributed by atoms with Crippen LogP contribution in [0.4, 0.5) is 0 Å². The van der Waals surface area contributed by atoms with Crippen LogP contribution < -0.4 is 0 Å². The molecule has 1 aliphatic carbocycles. The molecule has 19 heavy (non-hydrogen) atoms. The number of fused-ring (bicyclic) bond motifs is 1. The van der Waals surface area contributed by atoms with Crippen molar-refractivity contribution in [3.8, 4) is 0 Å². The van der Waals surface area contributed by atoms with E-state index in [0.717, 1.165) is 23.1 Å². The monoisotopic (exact) mass is 252 g/mol. The molecule has 1 nitrogen and oxygen atoms in total. The highest BCUT2D eigenvalue weighted by molar-refractivity contribution is 5.41. The number of aliphatic hydroxyl groups excluding tert-OH is 1. The molecule has 2 aromatic rings. The zero-order valence-electron chi connectivity index (χ0n) is 11.6. The molecule has 1 heteroatoms. The van der Waals surface area contributed by atoms with Gasteiger partial charge in [0.05, 0.1) is 0 Å². The summed E-state index contributed by atoms with van der Waals surface area (Å²) in [5.74, 6) is 0. The Hall–Kier alpha value is -1.60. The maximum absolute atomic E-state index is 10.6. The molecule has 0 spiro atoms. The van der Waals surface area contributed by atoms with E-state index in [1.165, 1.54) is 29.5 Å². The summed E-state index contributed by atoms with van der Waals surface area (Å²) in [4.78, 5) is 0. The Labute approximate surface area is 114 Å². The van der Waals surface area contributed by atoms with Crippen molar-refractivity contribution in [1.82, 2.24) is 0 Å². The van der Waals surface area contributed by atoms with E-state index in [9.17, 15) is 5.11 Å². The normalized spacial score (nSPS) is 15.3. The summed E-state index contributed by atoms with van der Waals surface area (Å²) in [6.45, 7) is 4.15. The van der Waals surface area contributed by atoms with Crippen LogP contribution in [0.2, 0.25) is 0 Å². The summed E-state index contributed by atoms with van der Waals surface area (Å²) in [5, 5.41) is 10.6. The molecule has 0 saturated heterocycles. The standard InChI is InChI=1S/C18H20O/c1-12-6-9-17(13(2)10-12)18(19)16-8-7-14-4-3-5-15(14)11-16/h6-11,18-19H,3-5H2,1-2H3. The van der Waals surface area contributed by atoms with Gasteiger partial charge in [-0.15, -0.1) is 0 Å². The fraction of sp³-hybridized carbons (Fsp3) is 0.333. The molecular weight excluding hydrogens is 232 g/mol. The molecule has 0 radical (unpaired) electrons. The molecule has 1 aliphatic rings. The zero-order chi connectivity index (χ0) is 13.4. The average Bonchev–Trinajstić information content (AvgIpc) is 2.85. The molecule has 1 unspecified atom stereocenters. The van der Waals surface area contributed by atoms with Crippen molar-refractivity contribution in [3.05, 3.63) is 69.8 Å². The highest BCUT2D eigenvalue weighted by Gasteiger charge is 2.16. The van der Waals surface area contributed by atoms with Crippen molar-refractivity contribution in [2.24, 2.45) is 0 Å². The minimum atomic E-state index is -0.508. The van der Waals surface area contributed by atoms with Crippen LogP contribution in [0, 0.1) is 13.8 Å². The first-order valence-corrected chi connectivity index (χ1v) is 7.02. The lowest BCUT2D eigenvalue weighted by Gasteiger charge is -2.16. The molecule has 1 atom stereocenters. The number of rotatable bonds is 2. The van der Waals surface area contributed by atoms with Gasteiger partial charge in [0.2, 0.25) is 0 Å². The van der Waals surface area contributed by atoms with Gasteiger partial charge in [0.15, 0.2) is 0 Å². The first-order valence-electron chi connectivity index (χ1n) is 7.02. The lowest BCUT2D eigenvalue weighted by molar-refractivity contribution is 0.219. The quantitative estimate of drug-likeness (QED) is 0.860. The number of hydrogen-bond acceptors (Lipinski definition) is 1. The molecule has 1 N–H and O–H groups in total. The van der Waals surface area contributed by atoms with Crippen LogP contribution in [0.15, 0.2) is 36.4 Å². The predicted molar refractivity (Wildman–Crippen MR) is 78.4 cm³/mol. The SMILES string of the molecule is Cc1ccc(C(O)c2ccc3c(c2)CCC3)c(C)c1. The third-order valence-corrected chi connectivity index (χ3v) is 4.16. The molecule has 0 aliphatic heterocycles. The van der Waals surface area contributed by atoms with E-state index in [0.29, 0.717) is 0 Å². The van der Waals surface area contributed by atoms with Crippen molar-refractivity contribution in [2.75, 3.05) is 0 Å². The molecular formula is C18H20O. The van der Waals surface area contributed by atoms with E-state index < -0.39 is 6.10 Å². The van der Waals surface area contributed by atoms with Gasteiger partial charge in [0.1, 0.15) is 6.10 Å². The lowest BCUT2D eigenvalue weighted by atomic mass is 9.94. The van der Waals surface area contributed by atoms with E-state index in [2.05, 4.69) is 44.2 Å². The molecule has 0 fully saturated rings. The Bertz CT molecular complexity index is 613. The number of aliphatic hydroxyl groups is 1. The van der Waals surface area contributed by atoms with Gasteiger partial charge < -0.3 is 5.11 Å². The summed E-state index contributed by atoms with van der Waals surface area (Å²) >= 11 is 0. The Balaban J connectivity index is 1.97. The van der Waals surface area contributed by atoms with Gasteiger partial charge in [-0.3, -0.25) is 0 Å². The maximum Gasteiger partial charge on any atom is 0.104 e. The summed E-state index contributed by atoms with van der Waals surface area (Å²) in [6, 6.07) is 12.7. The second kappa shape index (κ2) is 4.82. The van der Waals surface area contributed by atoms with Crippen LogP contribution in [0.25, 0.3) is 0 Å². The first kappa shape index (κ1) is 12.4. The number of hydrogen-bond donors (Lipinski definition) is 1. The summed E-state index contributed by atoms with van der Waals surface area (Å²) in [5.41, 5.74) is 7.31. The molecule has 0 bridgehead atoms. The largest absolute Gasteiger partial charge is 0.384 e. The third-order valence-electron chi connectivity index (χ3n) is 4.16. The minimum absolute atomic E-state index is 0.508. The highest BCUT2D eigenvalue weighted by Crippen LogP contribution is 2.29. The topological polar surface area (TPSA) is 20.2 Å². The van der Waals surface area contributed by atoms with Crippen molar-refractivity contribution in [3.63, 3.8) is 0 Å². The smallest absolute Gasteiger partial charge is 0.104 e. The highest BCUT2D eigenvalue weighted by atomic mass is 16.3. The molecule has 0 amide bonds. The van der Waals surface area contributed by atoms with Gasteiger partial charge in [-0.05, 0) is 60.9 Å². The number of benzene rings is 2. The third kappa shape index (κ3) is 2.31. The summed E-state index contributed by atoms with van der Waals surface area (Å²) in [6.07, 6.45) is 3.09. The number of aryl methyl sites for hydroxylation is 4. The maximum atomic E-state index is 10.6. The van der Waals surface area contributed by atoms with Gasteiger partial charge >= 0.3 is 0 Å². The molecule has 3 rings (SSSR count). The van der Waals surface area contributed by atoms with Gasteiger partial charge in [-0.1, -0.05) is 42.0 Å². The van der Waals surface area contributed by atoms with E-state index in [1.807, 2.05) is 6.07 Å². The van der Waals surface area contributed by atoms with Gasteiger partial charge in [0.25, 0.3) is 0 Å². The van der Waals surface area contributed by atoms with Crippen LogP contribution in [0.1, 0.15) is 45.9 Å². The van der Waals surface area contributed by atoms with E-state index in [-0.39, 0.29) is 0 Å². The van der Waals surface area contributed by atoms with Crippen LogP contribution in [-0.2, 0) is 12.8 Å². The van der Waals surface area contributed by atoms with Crippen molar-refractivity contribution in [2.45, 2.75) is 39.2 Å². The van der Waals surface area contributed by atoms with E-state index in [1.54, 1.807) is 0 Å². The minimum Gasteiger partial charge on any atom is -0.384 e. The van der Waals surface area contributed by atoms with Gasteiger partial charge in [0, 0.05) is 0 Å². The average molecular weight is 252 g/mol. The lowest BCUT2D eigenvalue weighted by Crippen LogP contribution is -2.03. The van der Waals surface area contributed by atoms with Crippen molar-refractivity contribution >= 4 is 0 Å². The van der Waals surface area contributed by atoms with Gasteiger partial charge in [-0.25, -0.2) is 0 Å². The van der Waals surface area contributed by atoms with Crippen LogP contribution in [-0.4, -0.2) is 5.11 Å². The summed E-state index contributed by atoms with van der Waals surface area (Å²) < 4.78 is 0. The summed E-state index contributed by atoms with van der Waals surface area (Å²) in [7, 11) is 0. The van der Waals surface area contributed by atoms with Crippen LogP contribution in [0.5, 0.6) is 0 Å². The van der Waals surface area contributed by atoms with E-state index in [4.69, 9.17) is 0 Å². The Morgan fingerprint density at radius 1 is 0.947 bits per heavy atom. The molecule has 0 saturated carbocycles. The van der Waals surface area contributed by atoms with Crippen LogP contribution in [0.3, 0.4) is 0 Å². The van der Waals surface area contributed by atoms with Gasteiger partial charge in [-0.2, -0.15) is 0 Å². The van der Waals surface area contributed by atoms with Crippen molar-refractivity contribution < 1.29 is 5.11 Å². The van der Waals surface area contributed by atoms with Crippen molar-refractivity contribution in [1.29, 1.82) is 0 Å². The Kier molecular flexibility index (Phi) is 3.16. The molecule has 98 valence electrons.